The van der Waals surface area contributed by atoms with Gasteiger partial charge in [0.2, 0.25) is 0 Å². The quantitative estimate of drug-likeness (QED) is 0.0608. The fourth-order valence-corrected chi connectivity index (χ4v) is 4.56. The largest absolute Gasteiger partial charge is 1.00 e. The van der Waals surface area contributed by atoms with Gasteiger partial charge in [-0.15, -0.1) is 13.2 Å². The van der Waals surface area contributed by atoms with Crippen molar-refractivity contribution in [2.45, 2.75) is 108 Å². The Bertz CT molecular complexity index is 960. The van der Waals surface area contributed by atoms with Crippen LogP contribution in [-0.2, 0) is 19.6 Å². The normalized spacial score (nSPS) is 10.9. The van der Waals surface area contributed by atoms with E-state index in [-0.39, 0.29) is 75.7 Å². The Kier molecular flexibility index (Phi) is 23.4. The topological polar surface area (TPSA) is 110 Å². The van der Waals surface area contributed by atoms with Crippen LogP contribution in [0.5, 0.6) is 0 Å². The van der Waals surface area contributed by atoms with Crippen molar-refractivity contribution < 1.29 is 83.4 Å². The molecule has 0 aromatic heterocycles. The Balaban J connectivity index is 0.0000144. The number of esters is 2. The second kappa shape index (κ2) is 23.8. The molecule has 0 heterocycles. The van der Waals surface area contributed by atoms with Gasteiger partial charge in [-0.05, 0) is 56.7 Å². The zero-order valence-electron chi connectivity index (χ0n) is 23.8. The van der Waals surface area contributed by atoms with Crippen molar-refractivity contribution in [1.82, 2.24) is 0 Å². The van der Waals surface area contributed by atoms with Crippen LogP contribution in [0.25, 0.3) is 0 Å². The summed E-state index contributed by atoms with van der Waals surface area (Å²) < 4.78 is 45.0. The van der Waals surface area contributed by atoms with E-state index in [4.69, 9.17) is 9.47 Å². The summed E-state index contributed by atoms with van der Waals surface area (Å²) in [5, 5.41) is 0. The fourth-order valence-electron chi connectivity index (χ4n) is 4.06. The number of benzene rings is 1. The van der Waals surface area contributed by atoms with E-state index < -0.39 is 27.0 Å². The first-order chi connectivity index (χ1) is 18.3. The summed E-state index contributed by atoms with van der Waals surface area (Å²) in [6, 6.07) is 3.05. The number of allylic oxidation sites excluding steroid dienone is 2. The van der Waals surface area contributed by atoms with Crippen LogP contribution in [0.3, 0.4) is 0 Å². The summed E-state index contributed by atoms with van der Waals surface area (Å²) in [5.41, 5.74) is -0.377. The molecular weight excluding hydrogens is 543 g/mol. The Morgan fingerprint density at radius 3 is 1.46 bits per heavy atom. The van der Waals surface area contributed by atoms with Crippen LogP contribution in [-0.4, -0.2) is 38.1 Å². The molecule has 0 saturated carbocycles. The maximum atomic E-state index is 12.7. The molecule has 0 bridgehead atoms. The molecule has 1 aromatic rings. The minimum atomic E-state index is -4.80. The second-order valence-corrected chi connectivity index (χ2v) is 10.9. The van der Waals surface area contributed by atoms with Crippen molar-refractivity contribution in [2.75, 3.05) is 13.2 Å². The molecule has 214 valence electrons. The zero-order chi connectivity index (χ0) is 28.1. The average Bonchev–Trinajstić information content (AvgIpc) is 2.89. The Hall–Kier alpha value is -0.814. The first-order valence-electron chi connectivity index (χ1n) is 14.0. The van der Waals surface area contributed by atoms with Crippen molar-refractivity contribution in [3.05, 3.63) is 54.6 Å². The molecule has 0 N–H and O–H groups in total. The van der Waals surface area contributed by atoms with Gasteiger partial charge in [-0.3, -0.25) is 0 Å². The molecule has 0 aliphatic heterocycles. The van der Waals surface area contributed by atoms with Crippen LogP contribution in [0.1, 0.15) is 123 Å². The minimum Gasteiger partial charge on any atom is -0.744 e. The van der Waals surface area contributed by atoms with Crippen molar-refractivity contribution in [1.29, 1.82) is 0 Å². The molecule has 1 rings (SSSR count). The summed E-state index contributed by atoms with van der Waals surface area (Å²) >= 11 is 0. The number of rotatable bonds is 23. The molecule has 39 heavy (non-hydrogen) atoms. The Labute approximate surface area is 278 Å². The minimum absolute atomic E-state index is 0. The summed E-state index contributed by atoms with van der Waals surface area (Å²) in [4.78, 5) is 24.7. The molecule has 7 nitrogen and oxygen atoms in total. The first kappa shape index (κ1) is 38.2. The fraction of sp³-hybridized carbons (Fsp3) is 0.600. The van der Waals surface area contributed by atoms with Gasteiger partial charge in [-0.2, -0.15) is 0 Å². The van der Waals surface area contributed by atoms with E-state index in [2.05, 4.69) is 13.2 Å². The smallest absolute Gasteiger partial charge is 0.744 e. The summed E-state index contributed by atoms with van der Waals surface area (Å²) in [6.45, 7) is 7.77. The van der Waals surface area contributed by atoms with Crippen LogP contribution < -0.4 is 51.4 Å². The van der Waals surface area contributed by atoms with Crippen LogP contribution in [0.15, 0.2) is 48.4 Å². The van der Waals surface area contributed by atoms with Crippen molar-refractivity contribution in [3.63, 3.8) is 0 Å². The molecule has 0 aliphatic carbocycles. The standard InChI is InChI=1S/C30H46O7S.K/c1-3-5-7-9-11-13-15-17-19-23-36-29(31)27-22-21-26(38(33,34)35)25-28(27)30(32)37-24-20-18-16-14-12-10-8-6-4-2;/h3-4,21-22,25H,1-2,5-20,23-24H2,(H,33,34,35);/q;+1/p-1. The maximum Gasteiger partial charge on any atom is 1.00 e. The molecule has 0 aliphatic rings. The van der Waals surface area contributed by atoms with Gasteiger partial charge < -0.3 is 14.0 Å². The van der Waals surface area contributed by atoms with Gasteiger partial charge in [0, 0.05) is 0 Å². The Morgan fingerprint density at radius 2 is 1.05 bits per heavy atom. The number of hydrogen-bond acceptors (Lipinski definition) is 7. The van der Waals surface area contributed by atoms with Crippen LogP contribution >= 0.6 is 0 Å². The van der Waals surface area contributed by atoms with Gasteiger partial charge in [-0.1, -0.05) is 76.4 Å². The molecule has 0 saturated heterocycles. The monoisotopic (exact) mass is 588 g/mol. The van der Waals surface area contributed by atoms with Gasteiger partial charge >= 0.3 is 63.3 Å². The van der Waals surface area contributed by atoms with E-state index in [0.717, 1.165) is 88.8 Å². The van der Waals surface area contributed by atoms with Crippen LogP contribution in [0, 0.1) is 0 Å². The number of unbranched alkanes of at least 4 members (excludes halogenated alkanes) is 14. The number of carbonyl (C=O) groups is 2. The van der Waals surface area contributed by atoms with Gasteiger partial charge in [0.1, 0.15) is 10.1 Å². The average molecular weight is 589 g/mol. The molecule has 0 amide bonds. The SMILES string of the molecule is C=CCCCCCCCCCOC(=O)c1ccc(S(=O)(=O)[O-])cc1C(=O)OCCCCCCCCCC=C.[K+]. The molecule has 0 atom stereocenters. The van der Waals surface area contributed by atoms with Crippen LogP contribution in [0.2, 0.25) is 0 Å². The third kappa shape index (κ3) is 18.3. The molecule has 0 spiro atoms. The molecule has 9 heteroatoms. The second-order valence-electron chi connectivity index (χ2n) is 9.54. The number of ether oxygens (including phenoxy) is 2. The molecule has 1 aromatic carbocycles. The summed E-state index contributed by atoms with van der Waals surface area (Å²) in [6.07, 6.45) is 20.4. The predicted molar refractivity (Wildman–Crippen MR) is 149 cm³/mol. The summed E-state index contributed by atoms with van der Waals surface area (Å²) in [5.74, 6) is -1.59. The van der Waals surface area contributed by atoms with E-state index in [0.29, 0.717) is 12.8 Å². The Morgan fingerprint density at radius 1 is 0.667 bits per heavy atom. The third-order valence-corrected chi connectivity index (χ3v) is 7.12. The zero-order valence-corrected chi connectivity index (χ0v) is 27.7. The third-order valence-electron chi connectivity index (χ3n) is 6.29. The molecule has 0 fully saturated rings. The first-order valence-corrected chi connectivity index (χ1v) is 15.4. The van der Waals surface area contributed by atoms with E-state index in [1.807, 2.05) is 12.2 Å². The predicted octanol–water partition coefficient (Wildman–Crippen LogP) is 4.52. The van der Waals surface area contributed by atoms with E-state index in [1.54, 1.807) is 0 Å². The van der Waals surface area contributed by atoms with Crippen molar-refractivity contribution >= 4 is 22.1 Å². The van der Waals surface area contributed by atoms with Gasteiger partial charge in [0.25, 0.3) is 0 Å². The maximum absolute atomic E-state index is 12.7. The van der Waals surface area contributed by atoms with Crippen molar-refractivity contribution in [3.8, 4) is 0 Å². The number of carbonyl (C=O) groups excluding carboxylic acids is 2. The molecule has 0 unspecified atom stereocenters. The molecular formula is C30H45KO7S. The van der Waals surface area contributed by atoms with Gasteiger partial charge in [0.15, 0.2) is 0 Å². The van der Waals surface area contributed by atoms with E-state index >= 15 is 0 Å². The van der Waals surface area contributed by atoms with E-state index in [9.17, 15) is 22.6 Å². The van der Waals surface area contributed by atoms with Crippen LogP contribution in [0.4, 0.5) is 0 Å². The van der Waals surface area contributed by atoms with E-state index in [1.165, 1.54) is 19.3 Å². The van der Waals surface area contributed by atoms with Crippen molar-refractivity contribution in [2.24, 2.45) is 0 Å². The van der Waals surface area contributed by atoms with Gasteiger partial charge in [0.05, 0.1) is 29.2 Å². The number of hydrogen-bond donors (Lipinski definition) is 0. The summed E-state index contributed by atoms with van der Waals surface area (Å²) in [7, 11) is -4.80. The van der Waals surface area contributed by atoms with Gasteiger partial charge in [-0.25, -0.2) is 18.0 Å². The molecule has 0 radical (unpaired) electrons.